The minimum atomic E-state index is -0.441. The summed E-state index contributed by atoms with van der Waals surface area (Å²) in [5.74, 6) is 0.0791. The highest BCUT2D eigenvalue weighted by Crippen LogP contribution is 2.32. The monoisotopic (exact) mass is 399 g/mol. The zero-order valence-corrected chi connectivity index (χ0v) is 16.4. The van der Waals surface area contributed by atoms with Crippen molar-refractivity contribution in [1.29, 1.82) is 0 Å². The molecule has 0 amide bonds. The Bertz CT molecular complexity index is 921. The van der Waals surface area contributed by atoms with Crippen molar-refractivity contribution in [1.82, 2.24) is 9.88 Å². The Balaban J connectivity index is 1.65. The lowest BCUT2D eigenvalue weighted by atomic mass is 10.1. The lowest BCUT2D eigenvalue weighted by Crippen LogP contribution is -2.36. The van der Waals surface area contributed by atoms with Crippen LogP contribution in [0.1, 0.15) is 24.0 Å². The predicted molar refractivity (Wildman–Crippen MR) is 112 cm³/mol. The first-order chi connectivity index (χ1) is 13.6. The Hall–Kier alpha value is -2.44. The van der Waals surface area contributed by atoms with E-state index in [2.05, 4.69) is 25.8 Å². The fourth-order valence-electron chi connectivity index (χ4n) is 3.76. The quantitative estimate of drug-likeness (QED) is 0.833. The first kappa shape index (κ1) is 18.9. The second-order valence-corrected chi connectivity index (χ2v) is 7.56. The zero-order valence-electron chi connectivity index (χ0n) is 15.6. The summed E-state index contributed by atoms with van der Waals surface area (Å²) in [7, 11) is 0. The van der Waals surface area contributed by atoms with Gasteiger partial charge >= 0.3 is 0 Å². The number of aliphatic imine (C=N–C) groups is 1. The van der Waals surface area contributed by atoms with Crippen LogP contribution in [0.25, 0.3) is 5.70 Å². The molecule has 1 aromatic carbocycles. The Morgan fingerprint density at radius 1 is 1.18 bits per heavy atom. The smallest absolute Gasteiger partial charge is 0.141 e. The molecule has 0 atom stereocenters. The SMILES string of the molecule is NC1=NC=C(c2ccc(F)c(Cl)c2)N(c2cnccc2CCN2CCCC2)C1. The number of likely N-dealkylation sites (tertiary alicyclic amines) is 1. The van der Waals surface area contributed by atoms with E-state index in [-0.39, 0.29) is 5.02 Å². The molecule has 0 saturated carbocycles. The maximum atomic E-state index is 13.6. The molecule has 3 heterocycles. The normalized spacial score (nSPS) is 17.6. The van der Waals surface area contributed by atoms with Gasteiger partial charge in [-0.25, -0.2) is 9.38 Å². The summed E-state index contributed by atoms with van der Waals surface area (Å²) in [6.45, 7) is 3.81. The highest BCUT2D eigenvalue weighted by Gasteiger charge is 2.22. The van der Waals surface area contributed by atoms with Crippen LogP contribution < -0.4 is 10.6 Å². The topological polar surface area (TPSA) is 57.8 Å². The number of aromatic nitrogens is 1. The standard InChI is InChI=1S/C21H23ClFN5/c22-17-11-16(3-4-18(17)23)20-13-26-21(24)14-28(20)19-12-25-7-5-15(19)6-10-27-8-1-2-9-27/h3-5,7,11-13H,1-2,6,8-10,14H2,(H2,24,26). The molecule has 1 saturated heterocycles. The lowest BCUT2D eigenvalue weighted by Gasteiger charge is -2.31. The summed E-state index contributed by atoms with van der Waals surface area (Å²) >= 11 is 6.01. The van der Waals surface area contributed by atoms with E-state index in [1.165, 1.54) is 37.6 Å². The van der Waals surface area contributed by atoms with E-state index in [1.54, 1.807) is 18.3 Å². The number of hydrogen-bond acceptors (Lipinski definition) is 5. The van der Waals surface area contributed by atoms with Crippen LogP contribution in [0.15, 0.2) is 47.9 Å². The lowest BCUT2D eigenvalue weighted by molar-refractivity contribution is 0.343. The first-order valence-corrected chi connectivity index (χ1v) is 9.90. The molecule has 0 unspecified atom stereocenters. The number of benzene rings is 1. The molecule has 0 spiro atoms. The van der Waals surface area contributed by atoms with Crippen LogP contribution in [0.2, 0.25) is 5.02 Å². The van der Waals surface area contributed by atoms with Gasteiger partial charge in [0.2, 0.25) is 0 Å². The van der Waals surface area contributed by atoms with Gasteiger partial charge in [0, 0.05) is 18.3 Å². The average Bonchev–Trinajstić information content (AvgIpc) is 3.22. The third kappa shape index (κ3) is 4.03. The van der Waals surface area contributed by atoms with Crippen molar-refractivity contribution in [3.63, 3.8) is 0 Å². The minimum Gasteiger partial charge on any atom is -0.386 e. The maximum absolute atomic E-state index is 13.6. The van der Waals surface area contributed by atoms with E-state index in [9.17, 15) is 4.39 Å². The van der Waals surface area contributed by atoms with E-state index in [0.717, 1.165) is 29.9 Å². The first-order valence-electron chi connectivity index (χ1n) is 9.52. The van der Waals surface area contributed by atoms with Gasteiger partial charge in [-0.1, -0.05) is 11.6 Å². The summed E-state index contributed by atoms with van der Waals surface area (Å²) in [4.78, 5) is 13.2. The summed E-state index contributed by atoms with van der Waals surface area (Å²) in [5, 5.41) is 0.0846. The molecule has 2 aromatic rings. The van der Waals surface area contributed by atoms with Crippen LogP contribution in [0, 0.1) is 5.82 Å². The number of amidine groups is 1. The molecule has 0 bridgehead atoms. The predicted octanol–water partition coefficient (Wildman–Crippen LogP) is 3.69. The minimum absolute atomic E-state index is 0.0846. The fourth-order valence-corrected chi connectivity index (χ4v) is 3.94. The molecular formula is C21H23ClFN5. The molecule has 0 aliphatic carbocycles. The molecule has 146 valence electrons. The van der Waals surface area contributed by atoms with Gasteiger partial charge < -0.3 is 15.5 Å². The molecule has 2 aliphatic rings. The molecule has 0 radical (unpaired) electrons. The molecule has 7 heteroatoms. The van der Waals surface area contributed by atoms with Crippen molar-refractivity contribution in [2.45, 2.75) is 19.3 Å². The van der Waals surface area contributed by atoms with Crippen LogP contribution in [0.5, 0.6) is 0 Å². The van der Waals surface area contributed by atoms with Crippen molar-refractivity contribution in [2.24, 2.45) is 10.7 Å². The van der Waals surface area contributed by atoms with Crippen molar-refractivity contribution in [3.8, 4) is 0 Å². The van der Waals surface area contributed by atoms with Crippen LogP contribution >= 0.6 is 11.6 Å². The molecule has 4 rings (SSSR count). The van der Waals surface area contributed by atoms with Gasteiger partial charge in [0.15, 0.2) is 0 Å². The highest BCUT2D eigenvalue weighted by atomic mass is 35.5. The summed E-state index contributed by atoms with van der Waals surface area (Å²) in [6.07, 6.45) is 8.88. The number of nitrogens with zero attached hydrogens (tertiary/aromatic N) is 4. The van der Waals surface area contributed by atoms with Crippen molar-refractivity contribution in [2.75, 3.05) is 31.1 Å². The highest BCUT2D eigenvalue weighted by molar-refractivity contribution is 6.30. The van der Waals surface area contributed by atoms with Gasteiger partial charge in [-0.15, -0.1) is 0 Å². The van der Waals surface area contributed by atoms with Gasteiger partial charge in [0.1, 0.15) is 11.7 Å². The summed E-state index contributed by atoms with van der Waals surface area (Å²) in [5.41, 5.74) is 9.84. The number of nitrogens with two attached hydrogens (primary N) is 1. The van der Waals surface area contributed by atoms with Gasteiger partial charge in [-0.05, 0) is 62.2 Å². The van der Waals surface area contributed by atoms with Crippen molar-refractivity contribution < 1.29 is 4.39 Å². The molecule has 28 heavy (non-hydrogen) atoms. The molecular weight excluding hydrogens is 377 g/mol. The van der Waals surface area contributed by atoms with Gasteiger partial charge in [0.25, 0.3) is 0 Å². The Morgan fingerprint density at radius 3 is 2.79 bits per heavy atom. The molecule has 1 fully saturated rings. The average molecular weight is 400 g/mol. The third-order valence-corrected chi connectivity index (χ3v) is 5.54. The number of anilines is 1. The molecule has 2 aliphatic heterocycles. The largest absolute Gasteiger partial charge is 0.386 e. The molecule has 5 nitrogen and oxygen atoms in total. The van der Waals surface area contributed by atoms with Crippen LogP contribution in [0.3, 0.4) is 0 Å². The van der Waals surface area contributed by atoms with Crippen LogP contribution in [-0.4, -0.2) is 41.9 Å². The van der Waals surface area contributed by atoms with Gasteiger partial charge in [-0.2, -0.15) is 0 Å². The maximum Gasteiger partial charge on any atom is 0.141 e. The van der Waals surface area contributed by atoms with E-state index < -0.39 is 5.82 Å². The third-order valence-electron chi connectivity index (χ3n) is 5.25. The zero-order chi connectivity index (χ0) is 19.5. The van der Waals surface area contributed by atoms with E-state index in [1.807, 2.05) is 12.4 Å². The second kappa shape index (κ2) is 8.29. The molecule has 2 N–H and O–H groups in total. The summed E-state index contributed by atoms with van der Waals surface area (Å²) in [6, 6.07) is 6.75. The molecule has 1 aromatic heterocycles. The van der Waals surface area contributed by atoms with Crippen molar-refractivity contribution in [3.05, 3.63) is 64.8 Å². The van der Waals surface area contributed by atoms with Crippen LogP contribution in [0.4, 0.5) is 10.1 Å². The van der Waals surface area contributed by atoms with E-state index >= 15 is 0 Å². The second-order valence-electron chi connectivity index (χ2n) is 7.15. The van der Waals surface area contributed by atoms with Crippen LogP contribution in [-0.2, 0) is 6.42 Å². The Morgan fingerprint density at radius 2 is 2.00 bits per heavy atom. The Kier molecular flexibility index (Phi) is 5.59. The number of hydrogen-bond donors (Lipinski definition) is 1. The fraction of sp³-hybridized carbons (Fsp3) is 0.333. The van der Waals surface area contributed by atoms with E-state index in [0.29, 0.717) is 12.4 Å². The van der Waals surface area contributed by atoms with Gasteiger partial charge in [-0.3, -0.25) is 4.98 Å². The van der Waals surface area contributed by atoms with E-state index in [4.69, 9.17) is 17.3 Å². The van der Waals surface area contributed by atoms with Crippen molar-refractivity contribution >= 4 is 28.8 Å². The number of pyridine rings is 1. The van der Waals surface area contributed by atoms with Gasteiger partial charge in [0.05, 0.1) is 35.3 Å². The number of rotatable bonds is 5. The summed E-state index contributed by atoms with van der Waals surface area (Å²) < 4.78 is 13.6. The number of halogens is 2. The Labute approximate surface area is 169 Å².